The van der Waals surface area contributed by atoms with Crippen LogP contribution in [0.25, 0.3) is 76.7 Å². The van der Waals surface area contributed by atoms with Gasteiger partial charge in [-0.15, -0.1) is 0 Å². The highest BCUT2D eigenvalue weighted by molar-refractivity contribution is 6.22. The zero-order valence-electron chi connectivity index (χ0n) is 85.3. The van der Waals surface area contributed by atoms with Gasteiger partial charge in [0.25, 0.3) is 0 Å². The van der Waals surface area contributed by atoms with Crippen molar-refractivity contribution in [2.45, 2.75) is 256 Å². The molecular weight excluding hydrogens is 1740 g/mol. The largest absolute Gasteiger partial charge is 0.489 e. The molecule has 0 saturated carbocycles. The molecule has 1 heterocycles. The van der Waals surface area contributed by atoms with Crippen molar-refractivity contribution in [3.63, 3.8) is 0 Å². The first-order valence-corrected chi connectivity index (χ1v) is 48.0. The molecule has 0 amide bonds. The summed E-state index contributed by atoms with van der Waals surface area (Å²) in [5.41, 5.74) is 19.3. The highest BCUT2D eigenvalue weighted by Crippen LogP contribution is 2.45. The number of ether oxygens (including phenoxy) is 7. The SMILES string of the molecule is CC(C)(C)c1cc(COc2cc(COc3cc(COc4ccc(-c5c6ccc7ccc(-c8cc(C(=O)O)cc(C(=O)O)c8)cc7c6nc6c5ccc5ccc(-c7cc(C(=O)O)cc(C(=O)O)c7)cc56)cc4)cc(OCc4cc(OCc5cc(C(C)(C)C)cc(C(C)(C)C)c5)cc(OCc5cc(C(C)(C)C)cc(C(C)(C)C)c5)c4)c3)cc(OCc3cc(C(C)(C)C)cc(C(C)(C)C)c3)c2)cc(C(C)(C)C)c1. The molecule has 0 aliphatic heterocycles. The second-order valence-electron chi connectivity index (χ2n) is 45.8. The van der Waals surface area contributed by atoms with Crippen LogP contribution in [-0.4, -0.2) is 49.3 Å². The van der Waals surface area contributed by atoms with Gasteiger partial charge in [-0.05, 0) is 262 Å². The number of pyridine rings is 1. The topological polar surface area (TPSA) is 227 Å². The predicted molar refractivity (Wildman–Crippen MR) is 563 cm³/mol. The summed E-state index contributed by atoms with van der Waals surface area (Å²) in [4.78, 5) is 55.6. The number of hydrogen-bond donors (Lipinski definition) is 4. The minimum atomic E-state index is -1.28. The summed E-state index contributed by atoms with van der Waals surface area (Å²) in [6.07, 6.45) is 0. The molecule has 1 aromatic heterocycles. The maximum absolute atomic E-state index is 12.5. The minimum Gasteiger partial charge on any atom is -0.489 e. The number of benzene rings is 14. The minimum absolute atomic E-state index is 0.0628. The van der Waals surface area contributed by atoms with E-state index in [0.29, 0.717) is 111 Å². The van der Waals surface area contributed by atoms with Crippen molar-refractivity contribution in [1.82, 2.24) is 4.98 Å². The molecule has 0 bridgehead atoms. The molecule has 0 spiro atoms. The Bertz CT molecular complexity index is 6530. The zero-order valence-corrected chi connectivity index (χ0v) is 85.3. The molecule has 140 heavy (non-hydrogen) atoms. The lowest BCUT2D eigenvalue weighted by Crippen LogP contribution is -2.17. The number of fused-ring (bicyclic) bond motifs is 6. The van der Waals surface area contributed by atoms with E-state index in [1.54, 1.807) is 0 Å². The van der Waals surface area contributed by atoms with Crippen LogP contribution in [0.4, 0.5) is 0 Å². The van der Waals surface area contributed by atoms with Gasteiger partial charge in [0.05, 0.1) is 33.3 Å². The average molecular weight is 1880 g/mol. The fourth-order valence-electron chi connectivity index (χ4n) is 17.4. The van der Waals surface area contributed by atoms with Crippen LogP contribution >= 0.6 is 0 Å². The molecule has 0 unspecified atom stereocenters. The summed E-state index contributed by atoms with van der Waals surface area (Å²) < 4.78 is 48.6. The zero-order chi connectivity index (χ0) is 101. The van der Waals surface area contributed by atoms with E-state index in [1.165, 1.54) is 68.8 Å². The third-order valence-electron chi connectivity index (χ3n) is 26.0. The van der Waals surface area contributed by atoms with Crippen LogP contribution in [0.5, 0.6) is 40.2 Å². The van der Waals surface area contributed by atoms with Crippen molar-refractivity contribution >= 4 is 67.2 Å². The quantitative estimate of drug-likeness (QED) is 0.0264. The molecule has 15 aromatic rings. The van der Waals surface area contributed by atoms with Crippen LogP contribution in [0.1, 0.15) is 291 Å². The maximum atomic E-state index is 12.5. The van der Waals surface area contributed by atoms with Crippen LogP contribution in [0, 0.1) is 0 Å². The van der Waals surface area contributed by atoms with Crippen LogP contribution in [0.15, 0.2) is 249 Å². The second kappa shape index (κ2) is 38.9. The van der Waals surface area contributed by atoms with Crippen LogP contribution < -0.4 is 33.2 Å². The molecule has 14 aromatic carbocycles. The van der Waals surface area contributed by atoms with Crippen LogP contribution in [0.3, 0.4) is 0 Å². The van der Waals surface area contributed by atoms with Crippen LogP contribution in [0.2, 0.25) is 0 Å². The molecule has 0 saturated heterocycles. The monoisotopic (exact) mass is 1870 g/mol. The van der Waals surface area contributed by atoms with Crippen molar-refractivity contribution in [2.75, 3.05) is 0 Å². The molecule has 0 radical (unpaired) electrons. The smallest absolute Gasteiger partial charge is 0.335 e. The van der Waals surface area contributed by atoms with Gasteiger partial charge >= 0.3 is 23.9 Å². The molecular formula is C124H131NO15. The molecule has 722 valence electrons. The molecule has 16 nitrogen and oxygen atoms in total. The molecule has 0 fully saturated rings. The molecule has 15 rings (SSSR count). The lowest BCUT2D eigenvalue weighted by Gasteiger charge is -2.26. The number of aromatic nitrogens is 1. The first-order chi connectivity index (χ1) is 65.5. The van der Waals surface area contributed by atoms with Gasteiger partial charge in [0.15, 0.2) is 0 Å². The van der Waals surface area contributed by atoms with Gasteiger partial charge in [-0.3, -0.25) is 0 Å². The summed E-state index contributed by atoms with van der Waals surface area (Å²) >= 11 is 0. The highest BCUT2D eigenvalue weighted by atomic mass is 16.5. The number of carbonyl (C=O) groups is 4. The Morgan fingerprint density at radius 3 is 0.636 bits per heavy atom. The van der Waals surface area contributed by atoms with Crippen molar-refractivity contribution in [2.24, 2.45) is 0 Å². The van der Waals surface area contributed by atoms with Gasteiger partial charge in [0, 0.05) is 45.3 Å². The fourth-order valence-corrected chi connectivity index (χ4v) is 17.4. The normalized spacial score (nSPS) is 12.4. The Morgan fingerprint density at radius 2 is 0.414 bits per heavy atom. The van der Waals surface area contributed by atoms with Gasteiger partial charge in [0.1, 0.15) is 86.5 Å². The maximum Gasteiger partial charge on any atom is 0.335 e. The van der Waals surface area contributed by atoms with Gasteiger partial charge in [-0.1, -0.05) is 300 Å². The Hall–Kier alpha value is -14.3. The number of carboxylic acid groups (broad SMARTS) is 4. The van der Waals surface area contributed by atoms with E-state index >= 15 is 0 Å². The Morgan fingerprint density at radius 1 is 0.207 bits per heavy atom. The molecule has 0 aliphatic carbocycles. The Balaban J connectivity index is 0.821. The number of hydrogen-bond acceptors (Lipinski definition) is 12. The molecule has 0 atom stereocenters. The van der Waals surface area contributed by atoms with Crippen molar-refractivity contribution < 1.29 is 72.8 Å². The van der Waals surface area contributed by atoms with E-state index in [4.69, 9.17) is 38.1 Å². The summed E-state index contributed by atoms with van der Waals surface area (Å²) in [5, 5.41) is 45.3. The van der Waals surface area contributed by atoms with Gasteiger partial charge in [-0.2, -0.15) is 0 Å². The van der Waals surface area contributed by atoms with E-state index in [2.05, 4.69) is 239 Å². The van der Waals surface area contributed by atoms with Gasteiger partial charge in [-0.25, -0.2) is 24.2 Å². The summed E-state index contributed by atoms with van der Waals surface area (Å²) in [6.45, 7) is 55.3. The predicted octanol–water partition coefficient (Wildman–Crippen LogP) is 30.9. The first kappa shape index (κ1) is 100. The number of rotatable bonds is 28. The third-order valence-corrected chi connectivity index (χ3v) is 26.0. The van der Waals surface area contributed by atoms with E-state index in [1.807, 2.05) is 140 Å². The first-order valence-electron chi connectivity index (χ1n) is 48.0. The lowest BCUT2D eigenvalue weighted by molar-refractivity contribution is 0.0676. The average Bonchev–Trinajstić information content (AvgIpc) is 0.723. The van der Waals surface area contributed by atoms with E-state index in [-0.39, 0.29) is 85.4 Å². The number of carboxylic acids is 4. The van der Waals surface area contributed by atoms with Gasteiger partial charge < -0.3 is 53.6 Å². The standard InChI is InChI=1S/C124H131NO15/c1-117(2,3)91-37-73(38-92(59-91)118(4,5)6)66-135-100-47-78(48-101(63-100)136-67-74-39-93(119(7,8)9)60-94(40-74)120(10,11)12)71-139-104-45-77(46-105(65-104)140-72-79-49-102(137-68-75-41-95(121(13,14)15)61-96(42-75)122(16,17)18)64-103(50-79)138-69-76-43-97(123(19,20)21)62-98(44-76)124(22,23)24)70-134-99-33-29-82(30-34-99)110-106-35-31-80-25-27-83(85-51-87(113(126)127)55-88(52-85)114(128)129)57-108(80)111(106)125-112-107(110)36-32-81-26-28-84(58-109(81)112)86-53-89(115(130)131)56-90(54-86)116(132)133/h25-65H,66-72H2,1-24H3,(H,126,127)(H,128,129)(H,130,131)(H,132,133). The molecule has 16 heteroatoms. The molecule has 0 aliphatic rings. The number of aromatic carboxylic acids is 4. The third kappa shape index (κ3) is 24.0. The van der Waals surface area contributed by atoms with Crippen molar-refractivity contribution in [1.29, 1.82) is 0 Å². The van der Waals surface area contributed by atoms with Crippen molar-refractivity contribution in [3.8, 4) is 73.6 Å². The molecule has 4 N–H and O–H groups in total. The fraction of sp³-hybridized carbons (Fsp3) is 0.315. The number of nitrogens with zero attached hydrogens (tertiary/aromatic N) is 1. The van der Waals surface area contributed by atoms with E-state index in [9.17, 15) is 39.6 Å². The second-order valence-corrected chi connectivity index (χ2v) is 45.8. The van der Waals surface area contributed by atoms with E-state index in [0.717, 1.165) is 83.7 Å². The lowest BCUT2D eigenvalue weighted by atomic mass is 9.79. The Labute approximate surface area is 823 Å². The van der Waals surface area contributed by atoms with E-state index < -0.39 is 23.9 Å². The summed E-state index contributed by atoms with van der Waals surface area (Å²) in [5.74, 6) is -1.12. The van der Waals surface area contributed by atoms with Crippen LogP contribution in [-0.2, 0) is 89.6 Å². The Kier molecular flexibility index (Phi) is 27.8. The summed E-state index contributed by atoms with van der Waals surface area (Å²) in [6, 6.07) is 80.3. The highest BCUT2D eigenvalue weighted by Gasteiger charge is 2.29. The van der Waals surface area contributed by atoms with Gasteiger partial charge in [0.2, 0.25) is 0 Å². The van der Waals surface area contributed by atoms with Crippen molar-refractivity contribution in [3.05, 3.63) is 354 Å². The summed E-state index contributed by atoms with van der Waals surface area (Å²) in [7, 11) is 0.